The zero-order valence-electron chi connectivity index (χ0n) is 13.7. The molecule has 0 spiro atoms. The average Bonchev–Trinajstić information content (AvgIpc) is 2.65. The van der Waals surface area contributed by atoms with Crippen molar-refractivity contribution in [1.82, 2.24) is 9.97 Å². The van der Waals surface area contributed by atoms with Gasteiger partial charge in [0.25, 0.3) is 0 Å². The first kappa shape index (κ1) is 16.4. The van der Waals surface area contributed by atoms with Crippen molar-refractivity contribution >= 4 is 22.7 Å². The van der Waals surface area contributed by atoms with Crippen molar-refractivity contribution in [3.63, 3.8) is 0 Å². The van der Waals surface area contributed by atoms with E-state index >= 15 is 0 Å². The van der Waals surface area contributed by atoms with E-state index in [1.807, 2.05) is 24.3 Å². The number of hydrogen-bond acceptors (Lipinski definition) is 6. The third-order valence-corrected chi connectivity index (χ3v) is 3.84. The van der Waals surface area contributed by atoms with E-state index in [2.05, 4.69) is 21.4 Å². The van der Waals surface area contributed by atoms with Gasteiger partial charge in [-0.2, -0.15) is 5.26 Å². The molecule has 2 aromatic carbocycles. The highest BCUT2D eigenvalue weighted by Crippen LogP contribution is 2.18. The molecular weight excluding hydrogens is 316 g/mol. The number of nitriles is 1. The van der Waals surface area contributed by atoms with Crippen molar-refractivity contribution in [2.24, 2.45) is 0 Å². The Labute approximate surface area is 145 Å². The molecule has 3 aromatic rings. The van der Waals surface area contributed by atoms with Crippen LogP contribution in [0.25, 0.3) is 10.9 Å². The second kappa shape index (κ2) is 7.41. The van der Waals surface area contributed by atoms with Crippen LogP contribution < -0.4 is 5.32 Å². The zero-order chi connectivity index (χ0) is 17.6. The van der Waals surface area contributed by atoms with Crippen LogP contribution in [0.5, 0.6) is 0 Å². The monoisotopic (exact) mass is 332 g/mol. The Hall–Kier alpha value is -3.46. The number of anilines is 1. The molecule has 0 atom stereocenters. The van der Waals surface area contributed by atoms with Gasteiger partial charge in [-0.25, -0.2) is 14.8 Å². The number of carbonyl (C=O) groups excluding carboxylic acids is 1. The van der Waals surface area contributed by atoms with E-state index < -0.39 is 5.97 Å². The Morgan fingerprint density at radius 1 is 1.20 bits per heavy atom. The van der Waals surface area contributed by atoms with Gasteiger partial charge in [0.1, 0.15) is 18.8 Å². The fraction of sp³-hybridized carbons (Fsp3) is 0.158. The summed E-state index contributed by atoms with van der Waals surface area (Å²) in [5.74, 6) is 0.258. The summed E-state index contributed by atoms with van der Waals surface area (Å²) in [4.78, 5) is 20.6. The van der Waals surface area contributed by atoms with Crippen molar-refractivity contribution in [1.29, 1.82) is 5.26 Å². The lowest BCUT2D eigenvalue weighted by molar-refractivity contribution is 0.0519. The number of nitrogens with zero attached hydrogens (tertiary/aromatic N) is 3. The molecule has 0 fully saturated rings. The van der Waals surface area contributed by atoms with Crippen molar-refractivity contribution < 1.29 is 9.53 Å². The Balaban J connectivity index is 1.60. The minimum absolute atomic E-state index is 0.188. The van der Waals surface area contributed by atoms with Gasteiger partial charge in [0.15, 0.2) is 0 Å². The number of carbonyl (C=O) groups is 1. The van der Waals surface area contributed by atoms with Crippen LogP contribution >= 0.6 is 0 Å². The predicted molar refractivity (Wildman–Crippen MR) is 94.2 cm³/mol. The third kappa shape index (κ3) is 3.56. The fourth-order valence-electron chi connectivity index (χ4n) is 2.51. The number of hydrogen-bond donors (Lipinski definition) is 1. The van der Waals surface area contributed by atoms with Gasteiger partial charge < -0.3 is 10.1 Å². The first-order valence-electron chi connectivity index (χ1n) is 7.81. The molecule has 1 heterocycles. The second-order valence-electron chi connectivity index (χ2n) is 5.39. The average molecular weight is 332 g/mol. The van der Waals surface area contributed by atoms with E-state index in [0.717, 1.165) is 10.9 Å². The lowest BCUT2D eigenvalue weighted by Crippen LogP contribution is -2.15. The van der Waals surface area contributed by atoms with Crippen molar-refractivity contribution in [2.45, 2.75) is 6.92 Å². The van der Waals surface area contributed by atoms with Gasteiger partial charge in [0.05, 0.1) is 29.3 Å². The van der Waals surface area contributed by atoms with Crippen LogP contribution in [0.3, 0.4) is 0 Å². The number of aromatic nitrogens is 2. The molecule has 0 bridgehead atoms. The summed E-state index contributed by atoms with van der Waals surface area (Å²) in [7, 11) is 0. The molecule has 0 aliphatic carbocycles. The van der Waals surface area contributed by atoms with Crippen LogP contribution in [0, 0.1) is 18.3 Å². The summed E-state index contributed by atoms with van der Waals surface area (Å²) in [6.45, 7) is 2.34. The number of benzene rings is 2. The maximum atomic E-state index is 12.2. The summed E-state index contributed by atoms with van der Waals surface area (Å²) in [5, 5.41) is 13.1. The molecule has 6 heteroatoms. The molecule has 3 rings (SSSR count). The number of ether oxygens (including phenoxy) is 1. The van der Waals surface area contributed by atoms with E-state index in [-0.39, 0.29) is 6.61 Å². The van der Waals surface area contributed by atoms with Crippen LogP contribution in [0.15, 0.2) is 48.8 Å². The van der Waals surface area contributed by atoms with Gasteiger partial charge in [-0.05, 0) is 36.8 Å². The summed E-state index contributed by atoms with van der Waals surface area (Å²) in [6.07, 6.45) is 1.49. The first-order valence-corrected chi connectivity index (χ1v) is 7.81. The van der Waals surface area contributed by atoms with Crippen LogP contribution in [0.4, 0.5) is 5.82 Å². The van der Waals surface area contributed by atoms with E-state index in [1.165, 1.54) is 6.33 Å². The molecule has 1 aromatic heterocycles. The molecule has 0 saturated carbocycles. The third-order valence-electron chi connectivity index (χ3n) is 3.84. The first-order chi connectivity index (χ1) is 12.2. The molecule has 0 unspecified atom stereocenters. The Kier molecular flexibility index (Phi) is 4.86. The molecule has 0 aliphatic heterocycles. The van der Waals surface area contributed by atoms with Crippen LogP contribution in [0.2, 0.25) is 0 Å². The molecule has 6 nitrogen and oxygen atoms in total. The lowest BCUT2D eigenvalue weighted by atomic mass is 10.0. The van der Waals surface area contributed by atoms with E-state index in [1.54, 1.807) is 25.1 Å². The van der Waals surface area contributed by atoms with E-state index in [0.29, 0.717) is 29.1 Å². The maximum Gasteiger partial charge on any atom is 0.338 e. The highest BCUT2D eigenvalue weighted by molar-refractivity contribution is 5.92. The molecule has 124 valence electrons. The molecule has 1 N–H and O–H groups in total. The van der Waals surface area contributed by atoms with Gasteiger partial charge >= 0.3 is 5.97 Å². The van der Waals surface area contributed by atoms with Crippen molar-refractivity contribution in [3.05, 3.63) is 65.5 Å². The number of rotatable bonds is 5. The van der Waals surface area contributed by atoms with Gasteiger partial charge in [-0.15, -0.1) is 0 Å². The second-order valence-corrected chi connectivity index (χ2v) is 5.39. The minimum atomic E-state index is -0.441. The van der Waals surface area contributed by atoms with Crippen LogP contribution in [0.1, 0.15) is 21.5 Å². The van der Waals surface area contributed by atoms with Crippen LogP contribution in [-0.2, 0) is 4.74 Å². The molecular formula is C19H16N4O2. The Bertz CT molecular complexity index is 958. The van der Waals surface area contributed by atoms with Crippen LogP contribution in [-0.4, -0.2) is 29.1 Å². The minimum Gasteiger partial charge on any atom is -0.460 e. The number of esters is 1. The molecule has 0 saturated heterocycles. The van der Waals surface area contributed by atoms with Gasteiger partial charge in [0, 0.05) is 5.39 Å². The SMILES string of the molecule is Cc1c(C#N)cccc1C(=O)OCCNc1ncnc2ccccc12. The van der Waals surface area contributed by atoms with E-state index in [4.69, 9.17) is 10.00 Å². The topological polar surface area (TPSA) is 87.9 Å². The normalized spacial score (nSPS) is 10.2. The maximum absolute atomic E-state index is 12.2. The predicted octanol–water partition coefficient (Wildman–Crippen LogP) is 3.08. The zero-order valence-corrected chi connectivity index (χ0v) is 13.7. The Morgan fingerprint density at radius 3 is 2.88 bits per heavy atom. The summed E-state index contributed by atoms with van der Waals surface area (Å²) in [5.41, 5.74) is 2.36. The Morgan fingerprint density at radius 2 is 2.04 bits per heavy atom. The summed E-state index contributed by atoms with van der Waals surface area (Å²) >= 11 is 0. The van der Waals surface area contributed by atoms with Gasteiger partial charge in [0.2, 0.25) is 0 Å². The van der Waals surface area contributed by atoms with Gasteiger partial charge in [-0.3, -0.25) is 0 Å². The number of nitrogens with one attached hydrogen (secondary N) is 1. The van der Waals surface area contributed by atoms with Crippen molar-refractivity contribution in [2.75, 3.05) is 18.5 Å². The van der Waals surface area contributed by atoms with E-state index in [9.17, 15) is 4.79 Å². The largest absolute Gasteiger partial charge is 0.460 e. The smallest absolute Gasteiger partial charge is 0.338 e. The standard InChI is InChI=1S/C19H16N4O2/c1-13-14(11-20)5-4-7-15(13)19(24)25-10-9-21-18-16-6-2-3-8-17(16)22-12-23-18/h2-8,12H,9-10H2,1H3,(H,21,22,23). The highest BCUT2D eigenvalue weighted by atomic mass is 16.5. The number of para-hydroxylation sites is 1. The quantitative estimate of drug-likeness (QED) is 0.570. The molecule has 0 aliphatic rings. The molecule has 25 heavy (non-hydrogen) atoms. The fourth-order valence-corrected chi connectivity index (χ4v) is 2.51. The summed E-state index contributed by atoms with van der Waals surface area (Å²) < 4.78 is 5.29. The molecule has 0 radical (unpaired) electrons. The number of fused-ring (bicyclic) bond motifs is 1. The highest BCUT2D eigenvalue weighted by Gasteiger charge is 2.12. The lowest BCUT2D eigenvalue weighted by Gasteiger charge is -2.10. The van der Waals surface area contributed by atoms with Crippen molar-refractivity contribution in [3.8, 4) is 6.07 Å². The summed E-state index contributed by atoms with van der Waals surface area (Å²) in [6, 6.07) is 14.7. The van der Waals surface area contributed by atoms with Gasteiger partial charge in [-0.1, -0.05) is 18.2 Å². The molecule has 0 amide bonds.